The van der Waals surface area contributed by atoms with Gasteiger partial charge in [-0.15, -0.1) is 0 Å². The number of hydrogen-bond acceptors (Lipinski definition) is 6. The Morgan fingerprint density at radius 2 is 1.84 bits per heavy atom. The van der Waals surface area contributed by atoms with Gasteiger partial charge in [-0.2, -0.15) is 0 Å². The molecule has 0 saturated carbocycles. The van der Waals surface area contributed by atoms with Gasteiger partial charge < -0.3 is 19.9 Å². The predicted octanol–water partition coefficient (Wildman–Crippen LogP) is 2.52. The summed E-state index contributed by atoms with van der Waals surface area (Å²) in [6.45, 7) is 3.16. The van der Waals surface area contributed by atoms with E-state index in [4.69, 9.17) is 9.26 Å². The molecule has 0 atom stereocenters. The maximum absolute atomic E-state index is 11.9. The Hall–Kier alpha value is -3.16. The normalized spacial score (nSPS) is 10.2. The molecule has 2 N–H and O–H groups in total. The zero-order valence-corrected chi connectivity index (χ0v) is 14.0. The van der Waals surface area contributed by atoms with Gasteiger partial charge in [0.15, 0.2) is 12.4 Å². The number of aryl methyl sites for hydroxylation is 1. The summed E-state index contributed by atoms with van der Waals surface area (Å²) in [7, 11) is 0. The summed E-state index contributed by atoms with van der Waals surface area (Å²) in [6.07, 6.45) is 1.19. The van der Waals surface area contributed by atoms with Crippen molar-refractivity contribution in [2.45, 2.75) is 26.7 Å². The van der Waals surface area contributed by atoms with Crippen LogP contribution in [0.4, 0.5) is 11.5 Å². The number of carbonyl (C=O) groups excluding carboxylic acids is 3. The molecule has 0 aliphatic carbocycles. The highest BCUT2D eigenvalue weighted by molar-refractivity contribution is 5.95. The molecular formula is C17H19N3O5. The summed E-state index contributed by atoms with van der Waals surface area (Å²) in [4.78, 5) is 35.1. The number of anilines is 2. The highest BCUT2D eigenvalue weighted by Crippen LogP contribution is 2.11. The lowest BCUT2D eigenvalue weighted by atomic mass is 10.2. The molecule has 132 valence electrons. The smallest absolute Gasteiger partial charge is 0.338 e. The van der Waals surface area contributed by atoms with Crippen LogP contribution < -0.4 is 10.6 Å². The van der Waals surface area contributed by atoms with E-state index in [1.54, 1.807) is 25.1 Å². The van der Waals surface area contributed by atoms with Gasteiger partial charge in [0.25, 0.3) is 5.91 Å². The first kappa shape index (κ1) is 18.2. The molecule has 0 radical (unpaired) electrons. The number of amides is 2. The third kappa shape index (κ3) is 5.76. The van der Waals surface area contributed by atoms with Crippen LogP contribution in [0.3, 0.4) is 0 Å². The van der Waals surface area contributed by atoms with Gasteiger partial charge in [-0.3, -0.25) is 9.59 Å². The fourth-order valence-corrected chi connectivity index (χ4v) is 1.96. The summed E-state index contributed by atoms with van der Waals surface area (Å²) in [6, 6.07) is 7.78. The van der Waals surface area contributed by atoms with Crippen molar-refractivity contribution in [2.24, 2.45) is 0 Å². The molecule has 0 bridgehead atoms. The third-order valence-corrected chi connectivity index (χ3v) is 3.11. The summed E-state index contributed by atoms with van der Waals surface area (Å²) >= 11 is 0. The van der Waals surface area contributed by atoms with E-state index < -0.39 is 18.5 Å². The summed E-state index contributed by atoms with van der Waals surface area (Å²) in [5, 5.41) is 8.77. The number of rotatable bonds is 7. The molecule has 0 aliphatic rings. The Balaban J connectivity index is 1.82. The lowest BCUT2D eigenvalue weighted by Gasteiger charge is -2.07. The Morgan fingerprint density at radius 3 is 2.44 bits per heavy atom. The molecule has 0 fully saturated rings. The average molecular weight is 345 g/mol. The van der Waals surface area contributed by atoms with Gasteiger partial charge in [0.05, 0.1) is 5.56 Å². The van der Waals surface area contributed by atoms with Crippen LogP contribution in [-0.2, 0) is 14.3 Å². The van der Waals surface area contributed by atoms with E-state index in [0.717, 1.165) is 6.42 Å². The third-order valence-electron chi connectivity index (χ3n) is 3.11. The lowest BCUT2D eigenvalue weighted by Crippen LogP contribution is -2.21. The van der Waals surface area contributed by atoms with Crippen molar-refractivity contribution in [1.82, 2.24) is 5.16 Å². The first-order valence-electron chi connectivity index (χ1n) is 7.78. The maximum Gasteiger partial charge on any atom is 0.338 e. The number of hydrogen-bond donors (Lipinski definition) is 2. The Kier molecular flexibility index (Phi) is 6.27. The van der Waals surface area contributed by atoms with Crippen LogP contribution in [-0.4, -0.2) is 29.5 Å². The van der Waals surface area contributed by atoms with E-state index in [1.165, 1.54) is 12.1 Å². The van der Waals surface area contributed by atoms with E-state index in [2.05, 4.69) is 15.8 Å². The lowest BCUT2D eigenvalue weighted by molar-refractivity contribution is -0.119. The molecule has 1 heterocycles. The average Bonchev–Trinajstić information content (AvgIpc) is 2.98. The van der Waals surface area contributed by atoms with Crippen LogP contribution >= 0.6 is 0 Å². The standard InChI is InChI=1S/C17H19N3O5/c1-3-4-15(21)18-13-7-5-12(6-8-13)17(23)24-10-16(22)19-14-9-11(2)25-20-14/h5-9H,3-4,10H2,1-2H3,(H,18,21)(H,19,20,22). The fraction of sp³-hybridized carbons (Fsp3) is 0.294. The van der Waals surface area contributed by atoms with Gasteiger partial charge >= 0.3 is 5.97 Å². The molecule has 0 unspecified atom stereocenters. The van der Waals surface area contributed by atoms with E-state index in [1.807, 2.05) is 6.92 Å². The van der Waals surface area contributed by atoms with Crippen molar-refractivity contribution in [1.29, 1.82) is 0 Å². The summed E-state index contributed by atoms with van der Waals surface area (Å²) in [5.74, 6) is -0.440. The van der Waals surface area contributed by atoms with Gasteiger partial charge in [-0.1, -0.05) is 12.1 Å². The van der Waals surface area contributed by atoms with Crippen LogP contribution in [0.15, 0.2) is 34.9 Å². The molecule has 8 nitrogen and oxygen atoms in total. The topological polar surface area (TPSA) is 111 Å². The zero-order valence-electron chi connectivity index (χ0n) is 14.0. The molecule has 2 rings (SSSR count). The summed E-state index contributed by atoms with van der Waals surface area (Å²) < 4.78 is 9.74. The van der Waals surface area contributed by atoms with E-state index in [9.17, 15) is 14.4 Å². The Morgan fingerprint density at radius 1 is 1.12 bits per heavy atom. The van der Waals surface area contributed by atoms with Gasteiger partial charge in [-0.05, 0) is 37.6 Å². The molecule has 1 aromatic heterocycles. The molecule has 0 aliphatic heterocycles. The van der Waals surface area contributed by atoms with Crippen molar-refractivity contribution in [2.75, 3.05) is 17.2 Å². The van der Waals surface area contributed by atoms with Crippen LogP contribution in [0.5, 0.6) is 0 Å². The van der Waals surface area contributed by atoms with Crippen LogP contribution in [0.25, 0.3) is 0 Å². The van der Waals surface area contributed by atoms with Gasteiger partial charge in [0, 0.05) is 18.2 Å². The second-order valence-electron chi connectivity index (χ2n) is 5.32. The molecular weight excluding hydrogens is 326 g/mol. The first-order chi connectivity index (χ1) is 12.0. The quantitative estimate of drug-likeness (QED) is 0.746. The minimum atomic E-state index is -0.641. The number of nitrogens with one attached hydrogen (secondary N) is 2. The first-order valence-corrected chi connectivity index (χ1v) is 7.78. The molecule has 2 aromatic rings. The number of esters is 1. The highest BCUT2D eigenvalue weighted by Gasteiger charge is 2.12. The van der Waals surface area contributed by atoms with Gasteiger partial charge in [-0.25, -0.2) is 4.79 Å². The van der Waals surface area contributed by atoms with Crippen molar-refractivity contribution in [3.8, 4) is 0 Å². The second kappa shape index (κ2) is 8.62. The molecule has 8 heteroatoms. The van der Waals surface area contributed by atoms with Crippen molar-refractivity contribution >= 4 is 29.3 Å². The van der Waals surface area contributed by atoms with E-state index >= 15 is 0 Å². The minimum absolute atomic E-state index is 0.0856. The number of ether oxygens (including phenoxy) is 1. The number of carbonyl (C=O) groups is 3. The molecule has 0 saturated heterocycles. The largest absolute Gasteiger partial charge is 0.452 e. The Labute approximate surface area is 144 Å². The van der Waals surface area contributed by atoms with E-state index in [0.29, 0.717) is 17.9 Å². The minimum Gasteiger partial charge on any atom is -0.452 e. The predicted molar refractivity (Wildman–Crippen MR) is 90.1 cm³/mol. The molecule has 0 spiro atoms. The maximum atomic E-state index is 11.9. The molecule has 25 heavy (non-hydrogen) atoms. The SMILES string of the molecule is CCCC(=O)Nc1ccc(C(=O)OCC(=O)Nc2cc(C)on2)cc1. The van der Waals surface area contributed by atoms with Gasteiger partial charge in [0.2, 0.25) is 5.91 Å². The van der Waals surface area contributed by atoms with Crippen molar-refractivity contribution < 1.29 is 23.6 Å². The fourth-order valence-electron chi connectivity index (χ4n) is 1.96. The van der Waals surface area contributed by atoms with Crippen LogP contribution in [0, 0.1) is 6.92 Å². The second-order valence-corrected chi connectivity index (χ2v) is 5.32. The number of nitrogens with zero attached hydrogens (tertiary/aromatic N) is 1. The Bertz CT molecular complexity index is 752. The zero-order chi connectivity index (χ0) is 18.2. The number of benzene rings is 1. The summed E-state index contributed by atoms with van der Waals surface area (Å²) in [5.41, 5.74) is 0.868. The van der Waals surface area contributed by atoms with Crippen LogP contribution in [0.2, 0.25) is 0 Å². The molecule has 1 aromatic carbocycles. The highest BCUT2D eigenvalue weighted by atomic mass is 16.5. The number of aromatic nitrogens is 1. The van der Waals surface area contributed by atoms with Crippen molar-refractivity contribution in [3.63, 3.8) is 0 Å². The van der Waals surface area contributed by atoms with E-state index in [-0.39, 0.29) is 17.3 Å². The monoisotopic (exact) mass is 345 g/mol. The molecule has 2 amide bonds. The van der Waals surface area contributed by atoms with Crippen molar-refractivity contribution in [3.05, 3.63) is 41.7 Å². The van der Waals surface area contributed by atoms with Gasteiger partial charge in [0.1, 0.15) is 5.76 Å². The van der Waals surface area contributed by atoms with Crippen LogP contribution in [0.1, 0.15) is 35.9 Å².